The van der Waals surface area contributed by atoms with Crippen LogP contribution in [0.15, 0.2) is 53.9 Å². The van der Waals surface area contributed by atoms with Crippen molar-refractivity contribution >= 4 is 17.2 Å². The van der Waals surface area contributed by atoms with Gasteiger partial charge in [0.1, 0.15) is 10.8 Å². The van der Waals surface area contributed by atoms with Crippen molar-refractivity contribution in [3.05, 3.63) is 76.5 Å². The fraction of sp³-hybridized carbons (Fsp3) is 0.273. The van der Waals surface area contributed by atoms with E-state index in [0.717, 1.165) is 34.7 Å². The molecule has 1 aliphatic rings. The van der Waals surface area contributed by atoms with Gasteiger partial charge in [-0.25, -0.2) is 9.37 Å². The zero-order valence-electron chi connectivity index (χ0n) is 15.2. The molecular weight excluding hydrogens is 359 g/mol. The van der Waals surface area contributed by atoms with Gasteiger partial charge < -0.3 is 5.32 Å². The molecule has 138 valence electrons. The fourth-order valence-electron chi connectivity index (χ4n) is 3.23. The highest BCUT2D eigenvalue weighted by molar-refractivity contribution is 7.13. The molecule has 0 atom stereocenters. The minimum absolute atomic E-state index is 0.0239. The number of thiazole rings is 1. The number of nitrogens with one attached hydrogen (secondary N) is 1. The molecule has 1 N–H and O–H groups in total. The number of benzene rings is 2. The molecule has 3 nitrogen and oxygen atoms in total. The molecule has 1 amide bonds. The molecule has 0 aliphatic heterocycles. The Morgan fingerprint density at radius 2 is 1.85 bits per heavy atom. The van der Waals surface area contributed by atoms with Crippen LogP contribution in [0.3, 0.4) is 0 Å². The number of aryl methyl sites for hydroxylation is 1. The summed E-state index contributed by atoms with van der Waals surface area (Å²) in [6, 6.07) is 14.8. The van der Waals surface area contributed by atoms with Crippen molar-refractivity contribution in [1.82, 2.24) is 10.3 Å². The second kappa shape index (κ2) is 7.24. The molecule has 27 heavy (non-hydrogen) atoms. The van der Waals surface area contributed by atoms with Gasteiger partial charge in [-0.05, 0) is 37.5 Å². The van der Waals surface area contributed by atoms with Crippen molar-refractivity contribution in [2.24, 2.45) is 0 Å². The summed E-state index contributed by atoms with van der Waals surface area (Å²) < 4.78 is 13.1. The molecule has 0 spiro atoms. The van der Waals surface area contributed by atoms with Crippen LogP contribution in [0, 0.1) is 12.7 Å². The third kappa shape index (κ3) is 4.08. The molecule has 5 heteroatoms. The highest BCUT2D eigenvalue weighted by Crippen LogP contribution is 2.47. The molecule has 0 bridgehead atoms. The second-order valence-electron chi connectivity index (χ2n) is 7.25. The third-order valence-corrected chi connectivity index (χ3v) is 6.07. The van der Waals surface area contributed by atoms with Gasteiger partial charge >= 0.3 is 0 Å². The van der Waals surface area contributed by atoms with E-state index < -0.39 is 0 Å². The third-order valence-electron chi connectivity index (χ3n) is 5.13. The molecule has 1 fully saturated rings. The highest BCUT2D eigenvalue weighted by atomic mass is 32.1. The first-order valence-electron chi connectivity index (χ1n) is 9.08. The number of aromatic nitrogens is 1. The number of carbonyl (C=O) groups is 1. The fourth-order valence-corrected chi connectivity index (χ4v) is 4.06. The molecule has 1 saturated carbocycles. The summed E-state index contributed by atoms with van der Waals surface area (Å²) in [5.74, 6) is -0.254. The Morgan fingerprint density at radius 3 is 2.52 bits per heavy atom. The van der Waals surface area contributed by atoms with Crippen molar-refractivity contribution in [3.63, 3.8) is 0 Å². The van der Waals surface area contributed by atoms with Crippen LogP contribution >= 0.6 is 11.3 Å². The van der Waals surface area contributed by atoms with Crippen LogP contribution in [-0.4, -0.2) is 17.4 Å². The zero-order valence-corrected chi connectivity index (χ0v) is 16.0. The molecule has 4 rings (SSSR count). The molecule has 1 aromatic heterocycles. The van der Waals surface area contributed by atoms with Crippen LogP contribution in [0.25, 0.3) is 10.6 Å². The number of amides is 1. The van der Waals surface area contributed by atoms with Crippen molar-refractivity contribution in [2.75, 3.05) is 6.54 Å². The van der Waals surface area contributed by atoms with Gasteiger partial charge in [0.25, 0.3) is 0 Å². The average molecular weight is 380 g/mol. The summed E-state index contributed by atoms with van der Waals surface area (Å²) in [5.41, 5.74) is 4.15. The molecule has 0 unspecified atom stereocenters. The van der Waals surface area contributed by atoms with E-state index in [1.54, 1.807) is 11.3 Å². The molecule has 1 heterocycles. The van der Waals surface area contributed by atoms with Gasteiger partial charge in [0.15, 0.2) is 0 Å². The summed E-state index contributed by atoms with van der Waals surface area (Å²) in [5, 5.41) is 5.91. The lowest BCUT2D eigenvalue weighted by molar-refractivity contribution is -0.120. The number of hydrogen-bond donors (Lipinski definition) is 1. The van der Waals surface area contributed by atoms with E-state index >= 15 is 0 Å². The molecule has 0 radical (unpaired) electrons. The van der Waals surface area contributed by atoms with Gasteiger partial charge in [0.2, 0.25) is 5.91 Å². The summed E-state index contributed by atoms with van der Waals surface area (Å²) >= 11 is 1.56. The van der Waals surface area contributed by atoms with Crippen molar-refractivity contribution < 1.29 is 9.18 Å². The zero-order chi connectivity index (χ0) is 18.9. The molecule has 3 aromatic rings. The van der Waals surface area contributed by atoms with E-state index in [1.165, 1.54) is 17.7 Å². The van der Waals surface area contributed by atoms with Crippen molar-refractivity contribution in [3.8, 4) is 10.6 Å². The minimum atomic E-state index is -0.230. The summed E-state index contributed by atoms with van der Waals surface area (Å²) in [6.07, 6.45) is 2.32. The van der Waals surface area contributed by atoms with E-state index in [-0.39, 0.29) is 23.6 Å². The van der Waals surface area contributed by atoms with Gasteiger partial charge in [-0.3, -0.25) is 4.79 Å². The first kappa shape index (κ1) is 17.9. The molecule has 0 saturated heterocycles. The summed E-state index contributed by atoms with van der Waals surface area (Å²) in [4.78, 5) is 17.0. The Hall–Kier alpha value is -2.53. The Morgan fingerprint density at radius 1 is 1.15 bits per heavy atom. The smallest absolute Gasteiger partial charge is 0.226 e. The quantitative estimate of drug-likeness (QED) is 0.676. The Labute approximate surface area is 162 Å². The van der Waals surface area contributed by atoms with Crippen LogP contribution in [0.2, 0.25) is 0 Å². The Kier molecular flexibility index (Phi) is 4.79. The van der Waals surface area contributed by atoms with E-state index in [9.17, 15) is 9.18 Å². The Balaban J connectivity index is 1.35. The predicted molar refractivity (Wildman–Crippen MR) is 106 cm³/mol. The summed E-state index contributed by atoms with van der Waals surface area (Å²) in [7, 11) is 0. The predicted octanol–water partition coefficient (Wildman–Crippen LogP) is 4.65. The largest absolute Gasteiger partial charge is 0.355 e. The van der Waals surface area contributed by atoms with Gasteiger partial charge in [-0.15, -0.1) is 11.3 Å². The van der Waals surface area contributed by atoms with Crippen LogP contribution in [0.1, 0.15) is 29.7 Å². The highest BCUT2D eigenvalue weighted by Gasteiger charge is 2.44. The normalized spacial score (nSPS) is 14.7. The number of rotatable bonds is 6. The standard InChI is InChI=1S/C22H21FN2OS/c1-15-2-4-16(5-3-15)21-25-19(13-27-21)12-20(26)24-14-22(10-11-22)17-6-8-18(23)9-7-17/h2-9,13H,10-12,14H2,1H3,(H,24,26). The van der Waals surface area contributed by atoms with E-state index in [4.69, 9.17) is 0 Å². The van der Waals surface area contributed by atoms with Crippen LogP contribution in [0.5, 0.6) is 0 Å². The Bertz CT molecular complexity index is 943. The van der Waals surface area contributed by atoms with Gasteiger partial charge in [0.05, 0.1) is 12.1 Å². The van der Waals surface area contributed by atoms with Crippen LogP contribution in [0.4, 0.5) is 4.39 Å². The van der Waals surface area contributed by atoms with Gasteiger partial charge in [-0.2, -0.15) is 0 Å². The van der Waals surface area contributed by atoms with E-state index in [1.807, 2.05) is 17.5 Å². The number of nitrogens with zero attached hydrogens (tertiary/aromatic N) is 1. The summed E-state index contributed by atoms with van der Waals surface area (Å²) in [6.45, 7) is 2.65. The number of carbonyl (C=O) groups excluding carboxylic acids is 1. The van der Waals surface area contributed by atoms with E-state index in [0.29, 0.717) is 6.54 Å². The van der Waals surface area contributed by atoms with Crippen LogP contribution in [-0.2, 0) is 16.6 Å². The van der Waals surface area contributed by atoms with E-state index in [2.05, 4.69) is 41.5 Å². The monoisotopic (exact) mass is 380 g/mol. The maximum Gasteiger partial charge on any atom is 0.226 e. The lowest BCUT2D eigenvalue weighted by Crippen LogP contribution is -2.33. The number of halogens is 1. The SMILES string of the molecule is Cc1ccc(-c2nc(CC(=O)NCC3(c4ccc(F)cc4)CC3)cs2)cc1. The van der Waals surface area contributed by atoms with Gasteiger partial charge in [-0.1, -0.05) is 42.0 Å². The lowest BCUT2D eigenvalue weighted by atomic mass is 9.96. The van der Waals surface area contributed by atoms with Crippen LogP contribution < -0.4 is 5.32 Å². The average Bonchev–Trinajstić information content (AvgIpc) is 3.32. The van der Waals surface area contributed by atoms with Gasteiger partial charge in [0, 0.05) is 22.9 Å². The topological polar surface area (TPSA) is 42.0 Å². The lowest BCUT2D eigenvalue weighted by Gasteiger charge is -2.16. The molecule has 2 aromatic carbocycles. The number of hydrogen-bond acceptors (Lipinski definition) is 3. The molecule has 1 aliphatic carbocycles. The second-order valence-corrected chi connectivity index (χ2v) is 8.11. The maximum atomic E-state index is 13.1. The minimum Gasteiger partial charge on any atom is -0.355 e. The maximum absolute atomic E-state index is 13.1. The first-order valence-corrected chi connectivity index (χ1v) is 9.96. The molecular formula is C22H21FN2OS. The van der Waals surface area contributed by atoms with Crippen molar-refractivity contribution in [2.45, 2.75) is 31.6 Å². The first-order chi connectivity index (χ1) is 13.0. The van der Waals surface area contributed by atoms with Crippen molar-refractivity contribution in [1.29, 1.82) is 0 Å².